The number of piperidine rings is 1. The van der Waals surface area contributed by atoms with Crippen LogP contribution in [-0.4, -0.2) is 49.0 Å². The summed E-state index contributed by atoms with van der Waals surface area (Å²) in [6.07, 6.45) is 10.0. The number of nitrogens with zero attached hydrogens (tertiary/aromatic N) is 5. The second-order valence-corrected chi connectivity index (χ2v) is 7.55. The van der Waals surface area contributed by atoms with Crippen molar-refractivity contribution in [2.24, 2.45) is 0 Å². The SMILES string of the molecule is Cc1ccn(-c2ccc(NC3CC4CCC(C3)N4C3CC3)nn2)n1. The molecule has 4 heterocycles. The van der Waals surface area contributed by atoms with E-state index in [2.05, 4.69) is 25.5 Å². The Bertz CT molecular complexity index is 705. The van der Waals surface area contributed by atoms with Crippen LogP contribution in [0.4, 0.5) is 5.82 Å². The molecule has 0 aromatic carbocycles. The highest BCUT2D eigenvalue weighted by atomic mass is 15.3. The number of fused-ring (bicyclic) bond motifs is 2. The first-order valence-corrected chi connectivity index (χ1v) is 9.16. The second-order valence-electron chi connectivity index (χ2n) is 7.55. The van der Waals surface area contributed by atoms with Crippen LogP contribution in [-0.2, 0) is 0 Å². The van der Waals surface area contributed by atoms with Gasteiger partial charge in [0.25, 0.3) is 0 Å². The van der Waals surface area contributed by atoms with Crippen molar-refractivity contribution in [1.29, 1.82) is 0 Å². The lowest BCUT2D eigenvalue weighted by molar-refractivity contribution is 0.123. The molecule has 126 valence electrons. The van der Waals surface area contributed by atoms with Gasteiger partial charge in [-0.05, 0) is 63.6 Å². The van der Waals surface area contributed by atoms with E-state index >= 15 is 0 Å². The van der Waals surface area contributed by atoms with Crippen LogP contribution in [0.3, 0.4) is 0 Å². The molecule has 0 spiro atoms. The van der Waals surface area contributed by atoms with Crippen molar-refractivity contribution in [2.45, 2.75) is 69.6 Å². The first kappa shape index (κ1) is 14.4. The highest BCUT2D eigenvalue weighted by Crippen LogP contribution is 2.43. The van der Waals surface area contributed by atoms with Crippen molar-refractivity contribution in [3.63, 3.8) is 0 Å². The number of anilines is 1. The van der Waals surface area contributed by atoms with Gasteiger partial charge in [0, 0.05) is 30.4 Å². The van der Waals surface area contributed by atoms with E-state index in [1.807, 2.05) is 31.3 Å². The number of hydrogen-bond donors (Lipinski definition) is 1. The van der Waals surface area contributed by atoms with Crippen molar-refractivity contribution in [3.8, 4) is 5.82 Å². The zero-order valence-corrected chi connectivity index (χ0v) is 14.1. The van der Waals surface area contributed by atoms with Gasteiger partial charge in [0.2, 0.25) is 0 Å². The first-order chi connectivity index (χ1) is 11.8. The summed E-state index contributed by atoms with van der Waals surface area (Å²) in [7, 11) is 0. The normalized spacial score (nSPS) is 29.8. The summed E-state index contributed by atoms with van der Waals surface area (Å²) < 4.78 is 1.76. The summed E-state index contributed by atoms with van der Waals surface area (Å²) in [4.78, 5) is 2.83. The fraction of sp³-hybridized carbons (Fsp3) is 0.611. The van der Waals surface area contributed by atoms with Gasteiger partial charge in [-0.25, -0.2) is 4.68 Å². The molecule has 6 heteroatoms. The number of nitrogens with one attached hydrogen (secondary N) is 1. The van der Waals surface area contributed by atoms with Crippen LogP contribution in [0.5, 0.6) is 0 Å². The summed E-state index contributed by atoms with van der Waals surface area (Å²) in [5.41, 5.74) is 0.983. The quantitative estimate of drug-likeness (QED) is 0.936. The van der Waals surface area contributed by atoms with Crippen LogP contribution in [0.15, 0.2) is 24.4 Å². The average molecular weight is 324 g/mol. The molecule has 2 atom stereocenters. The number of aromatic nitrogens is 4. The highest BCUT2D eigenvalue weighted by Gasteiger charge is 2.46. The molecule has 2 bridgehead atoms. The maximum Gasteiger partial charge on any atom is 0.175 e. The van der Waals surface area contributed by atoms with Crippen LogP contribution in [0, 0.1) is 6.92 Å². The molecule has 24 heavy (non-hydrogen) atoms. The Morgan fingerprint density at radius 2 is 1.71 bits per heavy atom. The Morgan fingerprint density at radius 3 is 2.29 bits per heavy atom. The van der Waals surface area contributed by atoms with E-state index in [4.69, 9.17) is 0 Å². The lowest BCUT2D eigenvalue weighted by Crippen LogP contribution is -2.47. The molecular formula is C18H24N6. The molecule has 3 aliphatic rings. The van der Waals surface area contributed by atoms with E-state index in [0.29, 0.717) is 6.04 Å². The fourth-order valence-corrected chi connectivity index (χ4v) is 4.58. The molecule has 1 aliphatic carbocycles. The molecule has 2 saturated heterocycles. The van der Waals surface area contributed by atoms with E-state index in [0.717, 1.165) is 35.5 Å². The van der Waals surface area contributed by atoms with Gasteiger partial charge >= 0.3 is 0 Å². The zero-order chi connectivity index (χ0) is 16.1. The van der Waals surface area contributed by atoms with Crippen LogP contribution < -0.4 is 5.32 Å². The largest absolute Gasteiger partial charge is 0.366 e. The van der Waals surface area contributed by atoms with E-state index < -0.39 is 0 Å². The summed E-state index contributed by atoms with van der Waals surface area (Å²) in [5, 5.41) is 16.7. The number of hydrogen-bond acceptors (Lipinski definition) is 5. The molecule has 2 aliphatic heterocycles. The smallest absolute Gasteiger partial charge is 0.175 e. The van der Waals surface area contributed by atoms with Crippen LogP contribution in [0.1, 0.15) is 44.2 Å². The molecular weight excluding hydrogens is 300 g/mol. The van der Waals surface area contributed by atoms with Crippen molar-refractivity contribution in [3.05, 3.63) is 30.1 Å². The van der Waals surface area contributed by atoms with Crippen molar-refractivity contribution >= 4 is 5.82 Å². The summed E-state index contributed by atoms with van der Waals surface area (Å²) in [6, 6.07) is 8.98. The predicted octanol–water partition coefficient (Wildman–Crippen LogP) is 2.54. The van der Waals surface area contributed by atoms with Gasteiger partial charge in [-0.1, -0.05) is 0 Å². The molecule has 1 N–H and O–H groups in total. The average Bonchev–Trinajstić information content (AvgIpc) is 3.28. The first-order valence-electron chi connectivity index (χ1n) is 9.16. The number of aryl methyl sites for hydroxylation is 1. The minimum atomic E-state index is 0.532. The maximum absolute atomic E-state index is 4.37. The van der Waals surface area contributed by atoms with Crippen molar-refractivity contribution < 1.29 is 0 Å². The fourth-order valence-electron chi connectivity index (χ4n) is 4.58. The minimum Gasteiger partial charge on any atom is -0.366 e. The van der Waals surface area contributed by atoms with E-state index in [1.54, 1.807) is 4.68 Å². The molecule has 6 nitrogen and oxygen atoms in total. The molecule has 0 amide bonds. The van der Waals surface area contributed by atoms with Gasteiger partial charge in [0.05, 0.1) is 5.69 Å². The summed E-state index contributed by atoms with van der Waals surface area (Å²) >= 11 is 0. The van der Waals surface area contributed by atoms with Gasteiger partial charge in [-0.15, -0.1) is 10.2 Å². The van der Waals surface area contributed by atoms with E-state index in [1.165, 1.54) is 38.5 Å². The Kier molecular flexibility index (Phi) is 3.33. The second kappa shape index (κ2) is 5.55. The Hall–Kier alpha value is -1.95. The summed E-state index contributed by atoms with van der Waals surface area (Å²) in [6.45, 7) is 1.97. The third-order valence-electron chi connectivity index (χ3n) is 5.72. The molecule has 2 unspecified atom stereocenters. The van der Waals surface area contributed by atoms with Gasteiger partial charge in [0.1, 0.15) is 5.82 Å². The third-order valence-corrected chi connectivity index (χ3v) is 5.72. The lowest BCUT2D eigenvalue weighted by Gasteiger charge is -2.39. The van der Waals surface area contributed by atoms with Gasteiger partial charge < -0.3 is 5.32 Å². The maximum atomic E-state index is 4.37. The standard InChI is InChI=1S/C18H24N6/c1-12-8-9-23(22-12)18-7-6-17(20-21-18)19-13-10-15-4-5-16(11-13)24(15)14-2-3-14/h6-9,13-16H,2-5,10-11H2,1H3,(H,19,20). The van der Waals surface area contributed by atoms with Crippen molar-refractivity contribution in [1.82, 2.24) is 24.9 Å². The number of rotatable bonds is 4. The Morgan fingerprint density at radius 1 is 0.958 bits per heavy atom. The van der Waals surface area contributed by atoms with Gasteiger partial charge in [-0.2, -0.15) is 5.10 Å². The molecule has 3 fully saturated rings. The zero-order valence-electron chi connectivity index (χ0n) is 14.1. The van der Waals surface area contributed by atoms with Crippen molar-refractivity contribution in [2.75, 3.05) is 5.32 Å². The lowest BCUT2D eigenvalue weighted by atomic mass is 9.97. The topological polar surface area (TPSA) is 58.9 Å². The molecule has 2 aromatic heterocycles. The molecule has 0 radical (unpaired) electrons. The minimum absolute atomic E-state index is 0.532. The highest BCUT2D eigenvalue weighted by molar-refractivity contribution is 5.37. The van der Waals surface area contributed by atoms with Crippen LogP contribution >= 0.6 is 0 Å². The molecule has 2 aromatic rings. The third kappa shape index (κ3) is 2.59. The van der Waals surface area contributed by atoms with E-state index in [9.17, 15) is 0 Å². The predicted molar refractivity (Wildman–Crippen MR) is 92.2 cm³/mol. The Labute approximate surface area is 142 Å². The van der Waals surface area contributed by atoms with Gasteiger partial charge in [0.15, 0.2) is 5.82 Å². The van der Waals surface area contributed by atoms with Crippen LogP contribution in [0.25, 0.3) is 5.82 Å². The molecule has 1 saturated carbocycles. The van der Waals surface area contributed by atoms with E-state index in [-0.39, 0.29) is 0 Å². The van der Waals surface area contributed by atoms with Crippen LogP contribution in [0.2, 0.25) is 0 Å². The Balaban J connectivity index is 1.25. The summed E-state index contributed by atoms with van der Waals surface area (Å²) in [5.74, 6) is 1.64. The van der Waals surface area contributed by atoms with Gasteiger partial charge in [-0.3, -0.25) is 4.90 Å². The molecule has 5 rings (SSSR count). The monoisotopic (exact) mass is 324 g/mol.